The topological polar surface area (TPSA) is 48.4 Å². The molecule has 5 rings (SSSR count). The minimum absolute atomic E-state index is 0.0893. The number of esters is 1. The maximum atomic E-state index is 13.1. The van der Waals surface area contributed by atoms with E-state index in [-0.39, 0.29) is 11.9 Å². The number of hydrogen-bond acceptors (Lipinski definition) is 4. The smallest absolute Gasteiger partial charge is 0.313 e. The molecule has 1 heterocycles. The molecule has 4 heteroatoms. The molecular weight excluding hydrogens is 434 g/mol. The molecule has 1 fully saturated rings. The summed E-state index contributed by atoms with van der Waals surface area (Å²) in [5, 5.41) is 3.34. The molecule has 0 saturated heterocycles. The first kappa shape index (κ1) is 23.3. The Kier molecular flexibility index (Phi) is 7.27. The standard InChI is InChI=1S/C31H33NO3/c1-2-34-31(33)30(24-10-5-3-4-6-11-24)25-14-13-22-16-18-28(20-26(22)19-25)35-21-27-17-15-23-9-7-8-12-29(23)32-27/h7-9,12-20,24,30H,2-6,10-11,21H2,1H3. The number of ether oxygens (including phenoxy) is 2. The van der Waals surface area contributed by atoms with Crippen LogP contribution in [0.25, 0.3) is 21.7 Å². The summed E-state index contributed by atoms with van der Waals surface area (Å²) >= 11 is 0. The molecule has 1 aliphatic carbocycles. The van der Waals surface area contributed by atoms with Gasteiger partial charge in [-0.1, -0.05) is 74.2 Å². The highest BCUT2D eigenvalue weighted by Gasteiger charge is 2.31. The predicted octanol–water partition coefficient (Wildman–Crippen LogP) is 7.58. The first-order chi connectivity index (χ1) is 17.2. The highest BCUT2D eigenvalue weighted by molar-refractivity contribution is 5.87. The summed E-state index contributed by atoms with van der Waals surface area (Å²) in [5.41, 5.74) is 2.92. The van der Waals surface area contributed by atoms with Crippen LogP contribution in [0, 0.1) is 5.92 Å². The van der Waals surface area contributed by atoms with Gasteiger partial charge in [0.1, 0.15) is 12.4 Å². The predicted molar refractivity (Wildman–Crippen MR) is 141 cm³/mol. The molecule has 0 amide bonds. The van der Waals surface area contributed by atoms with E-state index in [9.17, 15) is 4.79 Å². The van der Waals surface area contributed by atoms with Crippen LogP contribution in [0.4, 0.5) is 0 Å². The minimum Gasteiger partial charge on any atom is -0.487 e. The van der Waals surface area contributed by atoms with Crippen LogP contribution in [0.5, 0.6) is 5.75 Å². The number of hydrogen-bond donors (Lipinski definition) is 0. The summed E-state index contributed by atoms with van der Waals surface area (Å²) in [5.74, 6) is 0.844. The molecule has 35 heavy (non-hydrogen) atoms. The summed E-state index contributed by atoms with van der Waals surface area (Å²) in [4.78, 5) is 17.8. The normalized spacial score (nSPS) is 15.6. The van der Waals surface area contributed by atoms with Crippen LogP contribution in [0.1, 0.15) is 62.6 Å². The van der Waals surface area contributed by atoms with Crippen LogP contribution in [0.15, 0.2) is 72.8 Å². The van der Waals surface area contributed by atoms with Gasteiger partial charge in [-0.2, -0.15) is 0 Å². The number of para-hydroxylation sites is 1. The fraction of sp³-hybridized carbons (Fsp3) is 0.355. The Morgan fingerprint density at radius 1 is 0.886 bits per heavy atom. The second-order valence-electron chi connectivity index (χ2n) is 9.53. The number of carbonyl (C=O) groups excluding carboxylic acids is 1. The zero-order valence-corrected chi connectivity index (χ0v) is 20.4. The Hall–Kier alpha value is -3.40. The molecule has 1 aliphatic rings. The monoisotopic (exact) mass is 467 g/mol. The van der Waals surface area contributed by atoms with Crippen molar-refractivity contribution in [1.29, 1.82) is 0 Å². The number of pyridine rings is 1. The molecule has 1 atom stereocenters. The third-order valence-corrected chi connectivity index (χ3v) is 7.15. The SMILES string of the molecule is CCOC(=O)C(c1ccc2ccc(OCc3ccc4ccccc4n3)cc2c1)C1CCCCCC1. The average molecular weight is 468 g/mol. The van der Waals surface area contributed by atoms with Gasteiger partial charge in [-0.05, 0) is 66.3 Å². The number of fused-ring (bicyclic) bond motifs is 2. The largest absolute Gasteiger partial charge is 0.487 e. The molecule has 0 aliphatic heterocycles. The Morgan fingerprint density at radius 2 is 1.66 bits per heavy atom. The molecule has 0 radical (unpaired) electrons. The zero-order valence-electron chi connectivity index (χ0n) is 20.4. The van der Waals surface area contributed by atoms with E-state index >= 15 is 0 Å². The van der Waals surface area contributed by atoms with Gasteiger partial charge in [0, 0.05) is 5.39 Å². The van der Waals surface area contributed by atoms with E-state index in [1.54, 1.807) is 0 Å². The minimum atomic E-state index is -0.205. The van der Waals surface area contributed by atoms with Gasteiger partial charge < -0.3 is 9.47 Å². The van der Waals surface area contributed by atoms with Gasteiger partial charge in [-0.3, -0.25) is 4.79 Å². The van der Waals surface area contributed by atoms with Gasteiger partial charge >= 0.3 is 5.97 Å². The van der Waals surface area contributed by atoms with Crippen LogP contribution in [0.2, 0.25) is 0 Å². The Morgan fingerprint density at radius 3 is 2.49 bits per heavy atom. The Balaban J connectivity index is 1.39. The molecule has 4 aromatic rings. The van der Waals surface area contributed by atoms with Crippen LogP contribution in [-0.2, 0) is 16.1 Å². The second kappa shape index (κ2) is 10.9. The van der Waals surface area contributed by atoms with E-state index < -0.39 is 0 Å². The van der Waals surface area contributed by atoms with E-state index in [4.69, 9.17) is 14.5 Å². The molecular formula is C31H33NO3. The Bertz CT molecular complexity index is 1310. The fourth-order valence-electron chi connectivity index (χ4n) is 5.35. The quantitative estimate of drug-likeness (QED) is 0.208. The highest BCUT2D eigenvalue weighted by Crippen LogP contribution is 2.37. The van der Waals surface area contributed by atoms with Crippen molar-refractivity contribution in [3.05, 3.63) is 84.1 Å². The number of nitrogens with zero attached hydrogens (tertiary/aromatic N) is 1. The fourth-order valence-corrected chi connectivity index (χ4v) is 5.35. The maximum absolute atomic E-state index is 13.1. The molecule has 1 saturated carbocycles. The van der Waals surface area contributed by atoms with E-state index in [1.165, 1.54) is 25.7 Å². The van der Waals surface area contributed by atoms with Crippen molar-refractivity contribution < 1.29 is 14.3 Å². The lowest BCUT2D eigenvalue weighted by Crippen LogP contribution is -2.24. The van der Waals surface area contributed by atoms with E-state index in [0.29, 0.717) is 19.1 Å². The van der Waals surface area contributed by atoms with Crippen LogP contribution in [-0.4, -0.2) is 17.6 Å². The molecule has 0 bridgehead atoms. The number of aromatic nitrogens is 1. The lowest BCUT2D eigenvalue weighted by Gasteiger charge is -2.25. The van der Waals surface area contributed by atoms with E-state index in [1.807, 2.05) is 37.3 Å². The third-order valence-electron chi connectivity index (χ3n) is 7.15. The van der Waals surface area contributed by atoms with E-state index in [0.717, 1.165) is 51.5 Å². The molecule has 0 spiro atoms. The number of carbonyl (C=O) groups is 1. The summed E-state index contributed by atoms with van der Waals surface area (Å²) in [6.07, 6.45) is 7.07. The highest BCUT2D eigenvalue weighted by atomic mass is 16.5. The lowest BCUT2D eigenvalue weighted by molar-refractivity contribution is -0.146. The summed E-state index contributed by atoms with van der Waals surface area (Å²) in [6.45, 7) is 2.70. The summed E-state index contributed by atoms with van der Waals surface area (Å²) < 4.78 is 11.6. The number of benzene rings is 3. The van der Waals surface area contributed by atoms with Crippen molar-refractivity contribution >= 4 is 27.6 Å². The van der Waals surface area contributed by atoms with Crippen molar-refractivity contribution in [2.45, 2.75) is 58.0 Å². The van der Waals surface area contributed by atoms with Gasteiger partial charge in [0.2, 0.25) is 0 Å². The molecule has 3 aromatic carbocycles. The maximum Gasteiger partial charge on any atom is 0.313 e. The average Bonchev–Trinajstić information content (AvgIpc) is 3.17. The van der Waals surface area contributed by atoms with Crippen molar-refractivity contribution in [2.75, 3.05) is 6.61 Å². The van der Waals surface area contributed by atoms with E-state index in [2.05, 4.69) is 42.5 Å². The van der Waals surface area contributed by atoms with Crippen molar-refractivity contribution in [3.8, 4) is 5.75 Å². The first-order valence-corrected chi connectivity index (χ1v) is 12.9. The van der Waals surface area contributed by atoms with Gasteiger partial charge in [-0.25, -0.2) is 4.98 Å². The molecule has 180 valence electrons. The second-order valence-corrected chi connectivity index (χ2v) is 9.53. The molecule has 1 unspecified atom stereocenters. The number of rotatable bonds is 7. The van der Waals surface area contributed by atoms with Gasteiger partial charge in [0.05, 0.1) is 23.7 Å². The van der Waals surface area contributed by atoms with Crippen LogP contribution >= 0.6 is 0 Å². The molecule has 4 nitrogen and oxygen atoms in total. The molecule has 0 N–H and O–H groups in total. The van der Waals surface area contributed by atoms with Crippen LogP contribution in [0.3, 0.4) is 0 Å². The van der Waals surface area contributed by atoms with Crippen molar-refractivity contribution in [1.82, 2.24) is 4.98 Å². The first-order valence-electron chi connectivity index (χ1n) is 12.9. The summed E-state index contributed by atoms with van der Waals surface area (Å²) in [7, 11) is 0. The summed E-state index contributed by atoms with van der Waals surface area (Å²) in [6, 6.07) is 24.7. The van der Waals surface area contributed by atoms with Gasteiger partial charge in [-0.15, -0.1) is 0 Å². The zero-order chi connectivity index (χ0) is 24.0. The molecule has 1 aromatic heterocycles. The van der Waals surface area contributed by atoms with Crippen molar-refractivity contribution in [2.24, 2.45) is 5.92 Å². The van der Waals surface area contributed by atoms with Gasteiger partial charge in [0.15, 0.2) is 0 Å². The van der Waals surface area contributed by atoms with Gasteiger partial charge in [0.25, 0.3) is 0 Å². The lowest BCUT2D eigenvalue weighted by atomic mass is 9.81. The van der Waals surface area contributed by atoms with Crippen molar-refractivity contribution in [3.63, 3.8) is 0 Å². The van der Waals surface area contributed by atoms with Crippen LogP contribution < -0.4 is 4.74 Å². The third kappa shape index (κ3) is 5.48. The Labute approximate surface area is 207 Å².